The van der Waals surface area contributed by atoms with Crippen molar-refractivity contribution in [1.29, 1.82) is 0 Å². The molecule has 0 aromatic carbocycles. The summed E-state index contributed by atoms with van der Waals surface area (Å²) in [5, 5.41) is 3.31. The second kappa shape index (κ2) is 5.65. The molecule has 0 saturated heterocycles. The lowest BCUT2D eigenvalue weighted by molar-refractivity contribution is 0.659. The third-order valence-electron chi connectivity index (χ3n) is 1.81. The molecule has 0 aliphatic rings. The van der Waals surface area contributed by atoms with Gasteiger partial charge < -0.3 is 5.32 Å². The van der Waals surface area contributed by atoms with E-state index in [0.717, 1.165) is 37.4 Å². The zero-order valence-electron chi connectivity index (χ0n) is 8.38. The van der Waals surface area contributed by atoms with Crippen molar-refractivity contribution in [1.82, 2.24) is 15.3 Å². The molecule has 13 heavy (non-hydrogen) atoms. The number of nitrogens with one attached hydrogen (secondary N) is 1. The molecule has 0 atom stereocenters. The van der Waals surface area contributed by atoms with Gasteiger partial charge in [-0.3, -0.25) is 0 Å². The lowest BCUT2D eigenvalue weighted by Crippen LogP contribution is -2.15. The van der Waals surface area contributed by atoms with E-state index in [2.05, 4.69) is 29.1 Å². The Morgan fingerprint density at radius 1 is 1.38 bits per heavy atom. The van der Waals surface area contributed by atoms with E-state index < -0.39 is 0 Å². The number of hydrogen-bond acceptors (Lipinski definition) is 3. The van der Waals surface area contributed by atoms with Crippen LogP contribution in [0.3, 0.4) is 0 Å². The van der Waals surface area contributed by atoms with E-state index in [-0.39, 0.29) is 0 Å². The van der Waals surface area contributed by atoms with Gasteiger partial charge in [-0.15, -0.1) is 0 Å². The van der Waals surface area contributed by atoms with Gasteiger partial charge in [0.1, 0.15) is 5.82 Å². The summed E-state index contributed by atoms with van der Waals surface area (Å²) < 4.78 is 0. The molecule has 0 spiro atoms. The minimum Gasteiger partial charge on any atom is -0.311 e. The second-order valence-electron chi connectivity index (χ2n) is 2.99. The second-order valence-corrected chi connectivity index (χ2v) is 2.99. The van der Waals surface area contributed by atoms with Gasteiger partial charge in [0.2, 0.25) is 0 Å². The molecule has 0 saturated carbocycles. The highest BCUT2D eigenvalue weighted by molar-refractivity contribution is 5.01. The van der Waals surface area contributed by atoms with Crippen LogP contribution in [0, 0.1) is 0 Å². The van der Waals surface area contributed by atoms with Gasteiger partial charge in [-0.1, -0.05) is 13.8 Å². The molecule has 0 amide bonds. The van der Waals surface area contributed by atoms with Crippen molar-refractivity contribution in [2.75, 3.05) is 6.54 Å². The molecule has 3 nitrogen and oxygen atoms in total. The zero-order valence-corrected chi connectivity index (χ0v) is 8.38. The third-order valence-corrected chi connectivity index (χ3v) is 1.81. The van der Waals surface area contributed by atoms with Crippen molar-refractivity contribution in [2.45, 2.75) is 33.2 Å². The lowest BCUT2D eigenvalue weighted by atomic mass is 10.3. The fourth-order valence-corrected chi connectivity index (χ4v) is 1.10. The van der Waals surface area contributed by atoms with Crippen LogP contribution in [0.25, 0.3) is 0 Å². The monoisotopic (exact) mass is 179 g/mol. The van der Waals surface area contributed by atoms with Crippen LogP contribution in [0.5, 0.6) is 0 Å². The van der Waals surface area contributed by atoms with Crippen molar-refractivity contribution < 1.29 is 0 Å². The SMILES string of the molecule is CCCNCc1ccnc(CC)n1. The number of aryl methyl sites for hydroxylation is 1. The summed E-state index contributed by atoms with van der Waals surface area (Å²) in [6, 6.07) is 1.96. The Labute approximate surface area is 79.6 Å². The molecule has 0 fully saturated rings. The fourth-order valence-electron chi connectivity index (χ4n) is 1.10. The number of aromatic nitrogens is 2. The quantitative estimate of drug-likeness (QED) is 0.697. The van der Waals surface area contributed by atoms with E-state index in [1.807, 2.05) is 12.3 Å². The summed E-state index contributed by atoms with van der Waals surface area (Å²) in [4.78, 5) is 8.54. The smallest absolute Gasteiger partial charge is 0.128 e. The summed E-state index contributed by atoms with van der Waals surface area (Å²) in [6.07, 6.45) is 3.89. The van der Waals surface area contributed by atoms with E-state index in [9.17, 15) is 0 Å². The maximum atomic E-state index is 4.39. The molecule has 1 aromatic heterocycles. The Morgan fingerprint density at radius 3 is 2.92 bits per heavy atom. The van der Waals surface area contributed by atoms with Crippen LogP contribution in [0.1, 0.15) is 31.8 Å². The Balaban J connectivity index is 2.46. The van der Waals surface area contributed by atoms with Crippen molar-refractivity contribution >= 4 is 0 Å². The topological polar surface area (TPSA) is 37.8 Å². The van der Waals surface area contributed by atoms with Crippen LogP contribution in [0.2, 0.25) is 0 Å². The predicted molar refractivity (Wildman–Crippen MR) is 53.4 cm³/mol. The first-order chi connectivity index (χ1) is 6.36. The predicted octanol–water partition coefficient (Wildman–Crippen LogP) is 1.54. The Kier molecular flexibility index (Phi) is 4.40. The van der Waals surface area contributed by atoms with E-state index >= 15 is 0 Å². The van der Waals surface area contributed by atoms with Gasteiger partial charge in [0.15, 0.2) is 0 Å². The molecular weight excluding hydrogens is 162 g/mol. The van der Waals surface area contributed by atoms with E-state index in [4.69, 9.17) is 0 Å². The summed E-state index contributed by atoms with van der Waals surface area (Å²) >= 11 is 0. The molecule has 0 radical (unpaired) electrons. The highest BCUT2D eigenvalue weighted by Crippen LogP contribution is 1.95. The normalized spacial score (nSPS) is 10.3. The summed E-state index contributed by atoms with van der Waals surface area (Å²) in [6.45, 7) is 6.12. The van der Waals surface area contributed by atoms with Gasteiger partial charge >= 0.3 is 0 Å². The average Bonchev–Trinajstić information content (AvgIpc) is 2.19. The molecule has 0 bridgehead atoms. The molecule has 1 N–H and O–H groups in total. The number of hydrogen-bond donors (Lipinski definition) is 1. The Morgan fingerprint density at radius 2 is 2.23 bits per heavy atom. The summed E-state index contributed by atoms with van der Waals surface area (Å²) in [5.74, 6) is 0.927. The first-order valence-corrected chi connectivity index (χ1v) is 4.88. The molecular formula is C10H17N3. The molecule has 1 rings (SSSR count). The maximum absolute atomic E-state index is 4.39. The lowest BCUT2D eigenvalue weighted by Gasteiger charge is -2.03. The van der Waals surface area contributed by atoms with Crippen molar-refractivity contribution in [3.63, 3.8) is 0 Å². The van der Waals surface area contributed by atoms with Crippen LogP contribution in [0.4, 0.5) is 0 Å². The van der Waals surface area contributed by atoms with E-state index in [0.29, 0.717) is 0 Å². The highest BCUT2D eigenvalue weighted by Gasteiger charge is 1.95. The summed E-state index contributed by atoms with van der Waals surface area (Å²) in [7, 11) is 0. The third kappa shape index (κ3) is 3.51. The van der Waals surface area contributed by atoms with Crippen LogP contribution >= 0.6 is 0 Å². The van der Waals surface area contributed by atoms with Gasteiger partial charge in [0.25, 0.3) is 0 Å². The van der Waals surface area contributed by atoms with Gasteiger partial charge in [-0.2, -0.15) is 0 Å². The van der Waals surface area contributed by atoms with Crippen molar-refractivity contribution in [2.24, 2.45) is 0 Å². The largest absolute Gasteiger partial charge is 0.311 e. The Bertz CT molecular complexity index is 248. The van der Waals surface area contributed by atoms with Gasteiger partial charge in [-0.25, -0.2) is 9.97 Å². The van der Waals surface area contributed by atoms with Crippen molar-refractivity contribution in [3.05, 3.63) is 23.8 Å². The number of nitrogens with zero attached hydrogens (tertiary/aromatic N) is 2. The molecule has 0 aliphatic heterocycles. The van der Waals surface area contributed by atoms with Crippen LogP contribution in [-0.4, -0.2) is 16.5 Å². The van der Waals surface area contributed by atoms with E-state index in [1.165, 1.54) is 0 Å². The maximum Gasteiger partial charge on any atom is 0.128 e. The zero-order chi connectivity index (χ0) is 9.52. The first-order valence-electron chi connectivity index (χ1n) is 4.88. The fraction of sp³-hybridized carbons (Fsp3) is 0.600. The van der Waals surface area contributed by atoms with E-state index in [1.54, 1.807) is 0 Å². The highest BCUT2D eigenvalue weighted by atomic mass is 14.9. The van der Waals surface area contributed by atoms with Crippen LogP contribution in [-0.2, 0) is 13.0 Å². The number of rotatable bonds is 5. The molecule has 0 aliphatic carbocycles. The molecule has 72 valence electrons. The van der Waals surface area contributed by atoms with Gasteiger partial charge in [0, 0.05) is 19.2 Å². The van der Waals surface area contributed by atoms with Gasteiger partial charge in [-0.05, 0) is 19.0 Å². The molecule has 1 aromatic rings. The molecule has 1 heterocycles. The van der Waals surface area contributed by atoms with Crippen molar-refractivity contribution in [3.8, 4) is 0 Å². The molecule has 0 unspecified atom stereocenters. The standard InChI is InChI=1S/C10H17N3/c1-3-6-11-8-9-5-7-12-10(4-2)13-9/h5,7,11H,3-4,6,8H2,1-2H3. The molecule has 3 heteroatoms. The minimum atomic E-state index is 0.851. The minimum absolute atomic E-state index is 0.851. The average molecular weight is 179 g/mol. The van der Waals surface area contributed by atoms with Crippen LogP contribution < -0.4 is 5.32 Å². The summed E-state index contributed by atoms with van der Waals surface area (Å²) in [5.41, 5.74) is 1.08. The van der Waals surface area contributed by atoms with Crippen LogP contribution in [0.15, 0.2) is 12.3 Å². The Hall–Kier alpha value is -0.960. The van der Waals surface area contributed by atoms with Gasteiger partial charge in [0.05, 0.1) is 5.69 Å². The first kappa shape index (κ1) is 10.1.